The minimum Gasteiger partial charge on any atom is -0.361 e. The second kappa shape index (κ2) is 6.62. The summed E-state index contributed by atoms with van der Waals surface area (Å²) in [6.45, 7) is 3.26. The topological polar surface area (TPSA) is 81.8 Å². The minimum absolute atomic E-state index is 0.0222. The van der Waals surface area contributed by atoms with Crippen LogP contribution in [-0.4, -0.2) is 44.6 Å². The SMILES string of the molecule is Cc1[nH]c2c(c1C(=O)N1CCCC(c3nc4ccccc4[nH]3)C1)C(=O)CCC2. The third-order valence-corrected chi connectivity index (χ3v) is 6.09. The van der Waals surface area contributed by atoms with Gasteiger partial charge in [-0.25, -0.2) is 4.98 Å². The average molecular weight is 376 g/mol. The highest BCUT2D eigenvalue weighted by Gasteiger charge is 2.33. The van der Waals surface area contributed by atoms with E-state index in [-0.39, 0.29) is 17.6 Å². The molecule has 0 saturated carbocycles. The van der Waals surface area contributed by atoms with Crippen LogP contribution in [-0.2, 0) is 6.42 Å². The van der Waals surface area contributed by atoms with Gasteiger partial charge in [0.05, 0.1) is 22.2 Å². The van der Waals surface area contributed by atoms with Crippen molar-refractivity contribution in [3.63, 3.8) is 0 Å². The molecule has 0 bridgehead atoms. The molecule has 6 heteroatoms. The standard InChI is InChI=1S/C22H24N4O2/c1-13-19(20-17(23-13)9-4-10-18(20)27)22(28)26-11-5-6-14(12-26)21-24-15-7-2-3-8-16(15)25-21/h2-3,7-8,14,23H,4-6,9-12H2,1H3,(H,24,25). The molecule has 2 aliphatic rings. The van der Waals surface area contributed by atoms with Crippen molar-refractivity contribution in [1.82, 2.24) is 19.9 Å². The third kappa shape index (κ3) is 2.75. The summed E-state index contributed by atoms with van der Waals surface area (Å²) in [5, 5.41) is 0. The van der Waals surface area contributed by atoms with E-state index in [1.54, 1.807) is 0 Å². The number of carbonyl (C=O) groups is 2. The van der Waals surface area contributed by atoms with Crippen molar-refractivity contribution in [2.24, 2.45) is 0 Å². The molecule has 1 aliphatic heterocycles. The molecule has 0 radical (unpaired) electrons. The number of carbonyl (C=O) groups excluding carboxylic acids is 2. The molecule has 5 rings (SSSR count). The summed E-state index contributed by atoms with van der Waals surface area (Å²) >= 11 is 0. The van der Waals surface area contributed by atoms with Crippen molar-refractivity contribution in [3.05, 3.63) is 52.6 Å². The first-order valence-corrected chi connectivity index (χ1v) is 10.1. The molecule has 6 nitrogen and oxygen atoms in total. The number of amides is 1. The predicted molar refractivity (Wildman–Crippen MR) is 107 cm³/mol. The molecule has 1 unspecified atom stereocenters. The van der Waals surface area contributed by atoms with E-state index in [2.05, 4.69) is 9.97 Å². The van der Waals surface area contributed by atoms with Crippen molar-refractivity contribution >= 4 is 22.7 Å². The highest BCUT2D eigenvalue weighted by atomic mass is 16.2. The van der Waals surface area contributed by atoms with Gasteiger partial charge in [-0.3, -0.25) is 9.59 Å². The first-order valence-electron chi connectivity index (χ1n) is 10.1. The molecule has 3 heterocycles. The van der Waals surface area contributed by atoms with E-state index in [1.807, 2.05) is 36.1 Å². The fourth-order valence-corrected chi connectivity index (χ4v) is 4.71. The van der Waals surface area contributed by atoms with Crippen molar-refractivity contribution in [3.8, 4) is 0 Å². The maximum Gasteiger partial charge on any atom is 0.256 e. The first kappa shape index (κ1) is 17.2. The summed E-state index contributed by atoms with van der Waals surface area (Å²) in [6.07, 6.45) is 4.18. The molecule has 1 fully saturated rings. The summed E-state index contributed by atoms with van der Waals surface area (Å²) in [4.78, 5) is 39.2. The van der Waals surface area contributed by atoms with Crippen LogP contribution in [0.2, 0.25) is 0 Å². The number of rotatable bonds is 2. The maximum atomic E-state index is 13.4. The first-order chi connectivity index (χ1) is 13.6. The minimum atomic E-state index is -0.0222. The van der Waals surface area contributed by atoms with Crippen molar-refractivity contribution in [2.75, 3.05) is 13.1 Å². The summed E-state index contributed by atoms with van der Waals surface area (Å²) in [5.41, 5.74) is 4.97. The van der Waals surface area contributed by atoms with Crippen molar-refractivity contribution < 1.29 is 9.59 Å². The van der Waals surface area contributed by atoms with E-state index in [0.29, 0.717) is 24.1 Å². The van der Waals surface area contributed by atoms with Crippen LogP contribution in [0.5, 0.6) is 0 Å². The summed E-state index contributed by atoms with van der Waals surface area (Å²) in [7, 11) is 0. The van der Waals surface area contributed by atoms with Crippen LogP contribution in [0.4, 0.5) is 0 Å². The van der Waals surface area contributed by atoms with Crippen LogP contribution in [0.15, 0.2) is 24.3 Å². The lowest BCUT2D eigenvalue weighted by Gasteiger charge is -2.32. The van der Waals surface area contributed by atoms with Gasteiger partial charge in [0.1, 0.15) is 5.82 Å². The normalized spacial score (nSPS) is 19.8. The monoisotopic (exact) mass is 376 g/mol. The number of nitrogens with zero attached hydrogens (tertiary/aromatic N) is 2. The third-order valence-electron chi connectivity index (χ3n) is 6.09. The van der Waals surface area contributed by atoms with Gasteiger partial charge in [0.25, 0.3) is 5.91 Å². The number of para-hydroxylation sites is 2. The van der Waals surface area contributed by atoms with Gasteiger partial charge >= 0.3 is 0 Å². The van der Waals surface area contributed by atoms with E-state index in [9.17, 15) is 9.59 Å². The number of aromatic nitrogens is 3. The zero-order chi connectivity index (χ0) is 19.3. The van der Waals surface area contributed by atoms with E-state index in [4.69, 9.17) is 4.98 Å². The second-order valence-electron chi connectivity index (χ2n) is 7.98. The molecule has 3 aromatic rings. The Bertz CT molecular complexity index is 1040. The number of H-pyrrole nitrogens is 2. The Morgan fingerprint density at radius 3 is 2.89 bits per heavy atom. The molecule has 28 heavy (non-hydrogen) atoms. The molecule has 0 spiro atoms. The molecule has 1 atom stereocenters. The van der Waals surface area contributed by atoms with Gasteiger partial charge in [0, 0.05) is 36.8 Å². The zero-order valence-corrected chi connectivity index (χ0v) is 16.0. The number of fused-ring (bicyclic) bond motifs is 2. The predicted octanol–water partition coefficient (Wildman–Crippen LogP) is 3.74. The summed E-state index contributed by atoms with van der Waals surface area (Å²) < 4.78 is 0. The fraction of sp³-hybridized carbons (Fsp3) is 0.409. The number of Topliss-reactive ketones (excluding diaryl/α,β-unsaturated/α-hetero) is 1. The number of imidazole rings is 1. The Hall–Kier alpha value is -2.89. The molecular weight excluding hydrogens is 352 g/mol. The highest BCUT2D eigenvalue weighted by molar-refractivity contribution is 6.10. The average Bonchev–Trinajstić information content (AvgIpc) is 3.29. The Morgan fingerprint density at radius 1 is 1.18 bits per heavy atom. The van der Waals surface area contributed by atoms with Crippen LogP contribution in [0.25, 0.3) is 11.0 Å². The lowest BCUT2D eigenvalue weighted by atomic mass is 9.91. The summed E-state index contributed by atoms with van der Waals surface area (Å²) in [6, 6.07) is 8.01. The number of likely N-dealkylation sites (tertiary alicyclic amines) is 1. The molecule has 2 aromatic heterocycles. The molecule has 1 saturated heterocycles. The second-order valence-corrected chi connectivity index (χ2v) is 7.98. The van der Waals surface area contributed by atoms with E-state index < -0.39 is 0 Å². The smallest absolute Gasteiger partial charge is 0.256 e. The van der Waals surface area contributed by atoms with Crippen LogP contribution in [0.3, 0.4) is 0 Å². The molecule has 1 aliphatic carbocycles. The van der Waals surface area contributed by atoms with E-state index in [1.165, 1.54) is 0 Å². The lowest BCUT2D eigenvalue weighted by molar-refractivity contribution is 0.0699. The Kier molecular flexibility index (Phi) is 4.07. The maximum absolute atomic E-state index is 13.4. The van der Waals surface area contributed by atoms with Crippen molar-refractivity contribution in [2.45, 2.75) is 44.9 Å². The van der Waals surface area contributed by atoms with Crippen LogP contribution < -0.4 is 0 Å². The van der Waals surface area contributed by atoms with E-state index >= 15 is 0 Å². The number of benzene rings is 1. The van der Waals surface area contributed by atoms with Crippen LogP contribution in [0, 0.1) is 6.92 Å². The van der Waals surface area contributed by atoms with Gasteiger partial charge < -0.3 is 14.9 Å². The highest BCUT2D eigenvalue weighted by Crippen LogP contribution is 2.31. The Balaban J connectivity index is 1.43. The van der Waals surface area contributed by atoms with Crippen LogP contribution in [0.1, 0.15) is 69.5 Å². The van der Waals surface area contributed by atoms with Crippen molar-refractivity contribution in [1.29, 1.82) is 0 Å². The van der Waals surface area contributed by atoms with Gasteiger partial charge in [-0.05, 0) is 44.7 Å². The van der Waals surface area contributed by atoms with Gasteiger partial charge in [0.2, 0.25) is 0 Å². The molecular formula is C22H24N4O2. The molecule has 144 valence electrons. The molecule has 1 aromatic carbocycles. The number of aryl methyl sites for hydroxylation is 2. The molecule has 1 amide bonds. The largest absolute Gasteiger partial charge is 0.361 e. The van der Waals surface area contributed by atoms with Crippen LogP contribution >= 0.6 is 0 Å². The number of hydrogen-bond donors (Lipinski definition) is 2. The number of piperidine rings is 1. The Morgan fingerprint density at radius 2 is 2.04 bits per heavy atom. The number of hydrogen-bond acceptors (Lipinski definition) is 3. The van der Waals surface area contributed by atoms with Gasteiger partial charge in [-0.15, -0.1) is 0 Å². The van der Waals surface area contributed by atoms with Gasteiger partial charge in [-0.1, -0.05) is 12.1 Å². The number of ketones is 1. The van der Waals surface area contributed by atoms with E-state index in [0.717, 1.165) is 60.5 Å². The molecule has 2 N–H and O–H groups in total. The van der Waals surface area contributed by atoms with Gasteiger partial charge in [0.15, 0.2) is 5.78 Å². The van der Waals surface area contributed by atoms with Gasteiger partial charge in [-0.2, -0.15) is 0 Å². The quantitative estimate of drug-likeness (QED) is 0.715. The zero-order valence-electron chi connectivity index (χ0n) is 16.0. The summed E-state index contributed by atoms with van der Waals surface area (Å²) in [5.74, 6) is 1.21. The number of aromatic amines is 2. The Labute approximate surface area is 163 Å². The number of nitrogens with one attached hydrogen (secondary N) is 2. The lowest BCUT2D eigenvalue weighted by Crippen LogP contribution is -2.40. The fourth-order valence-electron chi connectivity index (χ4n) is 4.71.